The van der Waals surface area contributed by atoms with Gasteiger partial charge in [0, 0.05) is 29.5 Å². The lowest BCUT2D eigenvalue weighted by Gasteiger charge is -2.12. The molecule has 1 amide bonds. The van der Waals surface area contributed by atoms with Crippen molar-refractivity contribution in [2.75, 3.05) is 12.4 Å². The number of carbonyl (C=O) groups is 1. The minimum absolute atomic E-state index is 0.275. The maximum atomic E-state index is 13.8. The number of benzene rings is 3. The molecule has 4 aromatic rings. The molecule has 35 heavy (non-hydrogen) atoms. The molecule has 0 bridgehead atoms. The van der Waals surface area contributed by atoms with E-state index in [0.29, 0.717) is 23.7 Å². The molecule has 0 unspecified atom stereocenters. The van der Waals surface area contributed by atoms with Crippen LogP contribution < -0.4 is 14.8 Å². The number of nitrogens with one attached hydrogen (secondary N) is 1. The van der Waals surface area contributed by atoms with Crippen molar-refractivity contribution in [1.29, 1.82) is 0 Å². The highest BCUT2D eigenvalue weighted by Crippen LogP contribution is 2.24. The van der Waals surface area contributed by atoms with E-state index >= 15 is 0 Å². The molecule has 0 spiro atoms. The highest BCUT2D eigenvalue weighted by atomic mass is 19.1. The molecule has 0 radical (unpaired) electrons. The van der Waals surface area contributed by atoms with Gasteiger partial charge >= 0.3 is 0 Å². The van der Waals surface area contributed by atoms with Gasteiger partial charge in [-0.05, 0) is 48.4 Å². The van der Waals surface area contributed by atoms with Gasteiger partial charge in [-0.3, -0.25) is 9.48 Å². The van der Waals surface area contributed by atoms with Gasteiger partial charge in [-0.2, -0.15) is 5.10 Å². The quantitative estimate of drug-likeness (QED) is 0.322. The number of ether oxygens (including phenoxy) is 2. The summed E-state index contributed by atoms with van der Waals surface area (Å²) in [4.78, 5) is 12.4. The number of nitrogens with zero attached hydrogens (tertiary/aromatic N) is 2. The number of hydrogen-bond donors (Lipinski definition) is 1. The lowest BCUT2D eigenvalue weighted by atomic mass is 10.1. The molecule has 1 heterocycles. The smallest absolute Gasteiger partial charge is 0.249 e. The van der Waals surface area contributed by atoms with Crippen molar-refractivity contribution in [2.24, 2.45) is 0 Å². The summed E-state index contributed by atoms with van der Waals surface area (Å²) < 4.78 is 26.8. The first-order valence-electron chi connectivity index (χ1n) is 11.1. The molecule has 0 saturated carbocycles. The van der Waals surface area contributed by atoms with E-state index in [1.165, 1.54) is 12.1 Å². The van der Waals surface area contributed by atoms with E-state index in [2.05, 4.69) is 10.4 Å². The number of aromatic nitrogens is 2. The van der Waals surface area contributed by atoms with Crippen LogP contribution in [0.5, 0.6) is 11.5 Å². The van der Waals surface area contributed by atoms with Crippen LogP contribution in [0.2, 0.25) is 0 Å². The Morgan fingerprint density at radius 3 is 2.63 bits per heavy atom. The van der Waals surface area contributed by atoms with Crippen LogP contribution in [0.4, 0.5) is 10.2 Å². The number of hydrogen-bond acceptors (Lipinski definition) is 4. The molecule has 6 nitrogen and oxygen atoms in total. The van der Waals surface area contributed by atoms with E-state index in [1.807, 2.05) is 49.4 Å². The van der Waals surface area contributed by atoms with E-state index in [4.69, 9.17) is 9.47 Å². The molecular formula is C28H26FN3O3. The molecule has 0 aliphatic carbocycles. The van der Waals surface area contributed by atoms with Crippen molar-refractivity contribution in [1.82, 2.24) is 9.78 Å². The lowest BCUT2D eigenvalue weighted by molar-refractivity contribution is -0.111. The number of methoxy groups -OCH3 is 1. The van der Waals surface area contributed by atoms with Gasteiger partial charge in [0.25, 0.3) is 0 Å². The predicted molar refractivity (Wildman–Crippen MR) is 134 cm³/mol. The molecule has 3 aromatic carbocycles. The van der Waals surface area contributed by atoms with Crippen molar-refractivity contribution in [3.8, 4) is 11.5 Å². The fraction of sp³-hybridized carbons (Fsp3) is 0.143. The highest BCUT2D eigenvalue weighted by Gasteiger charge is 2.08. The Morgan fingerprint density at radius 2 is 1.83 bits per heavy atom. The summed E-state index contributed by atoms with van der Waals surface area (Å²) in [7, 11) is 1.61. The number of carbonyl (C=O) groups excluding carboxylic acids is 1. The molecular weight excluding hydrogens is 445 g/mol. The van der Waals surface area contributed by atoms with Crippen LogP contribution in [0.15, 0.2) is 85.1 Å². The number of aryl methyl sites for hydroxylation is 1. The maximum absolute atomic E-state index is 13.8. The SMILES string of the molecule is COc1ccc(/C=C/C(=O)Nc2ccn(Cc3ccccc3F)n2)cc1COc1ccccc1C. The van der Waals surface area contributed by atoms with Crippen molar-refractivity contribution in [3.63, 3.8) is 0 Å². The standard InChI is InChI=1S/C28H26FN3O3/c1-20-7-3-6-10-25(20)35-19-23-17-21(11-13-26(23)34-2)12-14-28(33)30-27-15-16-32(31-27)18-22-8-4-5-9-24(22)29/h3-17H,18-19H2,1-2H3,(H,30,31,33)/b14-12+. The molecule has 0 atom stereocenters. The molecule has 0 aliphatic rings. The molecule has 0 aliphatic heterocycles. The normalized spacial score (nSPS) is 10.9. The van der Waals surface area contributed by atoms with Crippen molar-refractivity contribution in [3.05, 3.63) is 113 Å². The summed E-state index contributed by atoms with van der Waals surface area (Å²) in [5, 5.41) is 7.01. The van der Waals surface area contributed by atoms with Crippen LogP contribution in [0, 0.1) is 12.7 Å². The predicted octanol–water partition coefficient (Wildman–Crippen LogP) is 5.62. The van der Waals surface area contributed by atoms with E-state index in [-0.39, 0.29) is 18.3 Å². The van der Waals surface area contributed by atoms with E-state index < -0.39 is 0 Å². The Bertz CT molecular complexity index is 1350. The highest BCUT2D eigenvalue weighted by molar-refractivity contribution is 6.01. The molecule has 178 valence electrons. The summed E-state index contributed by atoms with van der Waals surface area (Å²) in [5.41, 5.74) is 3.27. The van der Waals surface area contributed by atoms with E-state index in [0.717, 1.165) is 22.4 Å². The first kappa shape index (κ1) is 23.8. The zero-order valence-electron chi connectivity index (χ0n) is 19.6. The molecule has 4 rings (SSSR count). The van der Waals surface area contributed by atoms with Gasteiger partial charge in [-0.1, -0.05) is 42.5 Å². The molecule has 0 fully saturated rings. The lowest BCUT2D eigenvalue weighted by Crippen LogP contribution is -2.09. The zero-order chi connectivity index (χ0) is 24.6. The Hall–Kier alpha value is -4.39. The Morgan fingerprint density at radius 1 is 1.03 bits per heavy atom. The topological polar surface area (TPSA) is 65.4 Å². The largest absolute Gasteiger partial charge is 0.496 e. The summed E-state index contributed by atoms with van der Waals surface area (Å²) in [5.74, 6) is 1.29. The minimum atomic E-state index is -0.324. The number of anilines is 1. The van der Waals surface area contributed by atoms with Crippen molar-refractivity contribution >= 4 is 17.8 Å². The van der Waals surface area contributed by atoms with Gasteiger partial charge in [0.05, 0.1) is 13.7 Å². The Kier molecular flexibility index (Phi) is 7.57. The van der Waals surface area contributed by atoms with Crippen LogP contribution in [-0.4, -0.2) is 22.8 Å². The second kappa shape index (κ2) is 11.2. The summed E-state index contributed by atoms with van der Waals surface area (Å²) in [6.07, 6.45) is 4.84. The average molecular weight is 472 g/mol. The van der Waals surface area contributed by atoms with Gasteiger partial charge in [-0.25, -0.2) is 4.39 Å². The number of amides is 1. The number of rotatable bonds is 9. The fourth-order valence-electron chi connectivity index (χ4n) is 3.55. The number of para-hydroxylation sites is 1. The van der Waals surface area contributed by atoms with Crippen molar-refractivity contribution in [2.45, 2.75) is 20.1 Å². The van der Waals surface area contributed by atoms with Crippen LogP contribution in [0.25, 0.3) is 6.08 Å². The fourth-order valence-corrected chi connectivity index (χ4v) is 3.55. The monoisotopic (exact) mass is 471 g/mol. The van der Waals surface area contributed by atoms with Gasteiger partial charge in [0.15, 0.2) is 5.82 Å². The first-order chi connectivity index (χ1) is 17.0. The average Bonchev–Trinajstić information content (AvgIpc) is 3.30. The summed E-state index contributed by atoms with van der Waals surface area (Å²) in [6.45, 7) is 2.60. The van der Waals surface area contributed by atoms with Crippen LogP contribution in [0.1, 0.15) is 22.3 Å². The second-order valence-corrected chi connectivity index (χ2v) is 7.94. The van der Waals surface area contributed by atoms with E-state index in [9.17, 15) is 9.18 Å². The van der Waals surface area contributed by atoms with Gasteiger partial charge in [0.2, 0.25) is 5.91 Å². The van der Waals surface area contributed by atoms with Crippen molar-refractivity contribution < 1.29 is 18.7 Å². The summed E-state index contributed by atoms with van der Waals surface area (Å²) in [6, 6.07) is 21.6. The zero-order valence-corrected chi connectivity index (χ0v) is 19.6. The Balaban J connectivity index is 1.38. The molecule has 1 aromatic heterocycles. The van der Waals surface area contributed by atoms with E-state index in [1.54, 1.807) is 48.3 Å². The van der Waals surface area contributed by atoms with Gasteiger partial charge in [-0.15, -0.1) is 0 Å². The number of halogens is 1. The molecule has 7 heteroatoms. The van der Waals surface area contributed by atoms with Crippen LogP contribution in [-0.2, 0) is 17.9 Å². The second-order valence-electron chi connectivity index (χ2n) is 7.94. The third kappa shape index (κ3) is 6.35. The first-order valence-corrected chi connectivity index (χ1v) is 11.1. The van der Waals surface area contributed by atoms with Gasteiger partial charge in [0.1, 0.15) is 23.9 Å². The maximum Gasteiger partial charge on any atom is 0.249 e. The molecule has 1 N–H and O–H groups in total. The van der Waals surface area contributed by atoms with Crippen LogP contribution in [0.3, 0.4) is 0 Å². The van der Waals surface area contributed by atoms with Gasteiger partial charge < -0.3 is 14.8 Å². The summed E-state index contributed by atoms with van der Waals surface area (Å²) >= 11 is 0. The third-order valence-corrected chi connectivity index (χ3v) is 5.39. The Labute approximate surface area is 203 Å². The minimum Gasteiger partial charge on any atom is -0.496 e. The third-order valence-electron chi connectivity index (χ3n) is 5.39. The molecule has 0 saturated heterocycles. The van der Waals surface area contributed by atoms with Crippen LogP contribution >= 0.6 is 0 Å².